The summed E-state index contributed by atoms with van der Waals surface area (Å²) in [4.78, 5) is 2.27. The third kappa shape index (κ3) is 4.59. The summed E-state index contributed by atoms with van der Waals surface area (Å²) in [7, 11) is 4.31. The lowest BCUT2D eigenvalue weighted by Crippen LogP contribution is -2.48. The molecule has 0 amide bonds. The Hall–Kier alpha value is -0.480. The van der Waals surface area contributed by atoms with Crippen LogP contribution in [-0.4, -0.2) is 43.2 Å². The highest BCUT2D eigenvalue weighted by Crippen LogP contribution is 2.63. The first-order valence-electron chi connectivity index (χ1n) is 11.1. The summed E-state index contributed by atoms with van der Waals surface area (Å²) in [6, 6.07) is 6.77. The van der Waals surface area contributed by atoms with Gasteiger partial charge in [-0.05, 0) is 112 Å². The van der Waals surface area contributed by atoms with Gasteiger partial charge in [0.2, 0.25) is 0 Å². The molecule has 3 aliphatic carbocycles. The fourth-order valence-electron chi connectivity index (χ4n) is 7.09. The van der Waals surface area contributed by atoms with Gasteiger partial charge >= 0.3 is 0 Å². The van der Waals surface area contributed by atoms with Crippen LogP contribution in [0.4, 0.5) is 0 Å². The average Bonchev–Trinajstić information content (AvgIpc) is 2.98. The van der Waals surface area contributed by atoms with Gasteiger partial charge in [0.15, 0.2) is 0 Å². The second-order valence-electron chi connectivity index (χ2n) is 10.1. The summed E-state index contributed by atoms with van der Waals surface area (Å²) >= 11 is 0. The van der Waals surface area contributed by atoms with Crippen LogP contribution >= 0.6 is 24.8 Å². The normalized spacial score (nSPS) is 33.7. The number of aryl methyl sites for hydroxylation is 1. The summed E-state index contributed by atoms with van der Waals surface area (Å²) in [5, 5.41) is 13.7. The van der Waals surface area contributed by atoms with E-state index in [0.29, 0.717) is 17.2 Å². The van der Waals surface area contributed by atoms with E-state index < -0.39 is 0 Å². The molecule has 3 aliphatic rings. The molecule has 0 aliphatic heterocycles. The van der Waals surface area contributed by atoms with E-state index in [-0.39, 0.29) is 24.8 Å². The summed E-state index contributed by atoms with van der Waals surface area (Å²) in [5.41, 5.74) is 3.46. The molecule has 4 rings (SSSR count). The minimum Gasteiger partial charge on any atom is -0.508 e. The van der Waals surface area contributed by atoms with Gasteiger partial charge in [-0.3, -0.25) is 0 Å². The van der Waals surface area contributed by atoms with Crippen LogP contribution in [0, 0.1) is 23.2 Å². The highest BCUT2D eigenvalue weighted by Gasteiger charge is 2.55. The molecule has 0 spiro atoms. The first kappa shape index (κ1) is 24.8. The molecule has 2 N–H and O–H groups in total. The third-order valence-corrected chi connectivity index (χ3v) is 8.41. The van der Waals surface area contributed by atoms with Crippen molar-refractivity contribution >= 4 is 24.8 Å². The maximum atomic E-state index is 9.87. The number of fused-ring (bicyclic) bond motifs is 5. The number of nitrogens with one attached hydrogen (secondary N) is 1. The van der Waals surface area contributed by atoms with Crippen molar-refractivity contribution in [2.24, 2.45) is 23.2 Å². The van der Waals surface area contributed by atoms with Crippen molar-refractivity contribution in [2.75, 3.05) is 27.2 Å². The van der Waals surface area contributed by atoms with Gasteiger partial charge in [-0.2, -0.15) is 0 Å². The Bertz CT molecular complexity index is 683. The minimum absolute atomic E-state index is 0. The van der Waals surface area contributed by atoms with Gasteiger partial charge in [-0.1, -0.05) is 13.0 Å². The van der Waals surface area contributed by atoms with Gasteiger partial charge in [0.25, 0.3) is 0 Å². The van der Waals surface area contributed by atoms with Crippen molar-refractivity contribution in [3.8, 4) is 5.75 Å². The van der Waals surface area contributed by atoms with Gasteiger partial charge in [0, 0.05) is 19.1 Å². The lowest BCUT2D eigenvalue weighted by Gasteiger charge is -2.52. The number of aromatic hydroxyl groups is 1. The Kier molecular flexibility index (Phi) is 8.35. The van der Waals surface area contributed by atoms with Crippen LogP contribution in [0.15, 0.2) is 18.2 Å². The molecule has 1 aromatic carbocycles. The lowest BCUT2D eigenvalue weighted by molar-refractivity contribution is 0.0181. The number of phenols is 1. The molecular formula is C24H40Cl2N2O. The van der Waals surface area contributed by atoms with Crippen LogP contribution in [0.3, 0.4) is 0 Å². The Morgan fingerprint density at radius 1 is 1.17 bits per heavy atom. The Morgan fingerprint density at radius 3 is 2.66 bits per heavy atom. The first-order chi connectivity index (χ1) is 12.9. The predicted molar refractivity (Wildman–Crippen MR) is 127 cm³/mol. The van der Waals surface area contributed by atoms with Gasteiger partial charge in [0.05, 0.1) is 0 Å². The van der Waals surface area contributed by atoms with E-state index in [4.69, 9.17) is 0 Å². The van der Waals surface area contributed by atoms with Crippen molar-refractivity contribution in [1.82, 2.24) is 10.2 Å². The molecule has 5 heteroatoms. The standard InChI is InChI=1S/C24H38N2O.2ClH/c1-16(25-13-14-26(3)4)22-9-10-23-21-7-5-17-15-18(27)6-8-19(17)20(21)11-12-24(22,23)2;;/h6,8,15-16,20-23,25,27H,5,7,9-14H2,1-4H3;2*1H/t16-,20+,21+,22+,23-,24+;;/m0../s1. The average molecular weight is 444 g/mol. The largest absolute Gasteiger partial charge is 0.508 e. The number of rotatable bonds is 5. The van der Waals surface area contributed by atoms with Crippen molar-refractivity contribution in [2.45, 2.75) is 64.3 Å². The van der Waals surface area contributed by atoms with E-state index in [1.165, 1.54) is 37.7 Å². The fourth-order valence-corrected chi connectivity index (χ4v) is 7.09. The van der Waals surface area contributed by atoms with Gasteiger partial charge < -0.3 is 15.3 Å². The number of hydrogen-bond acceptors (Lipinski definition) is 3. The third-order valence-electron chi connectivity index (χ3n) is 8.41. The van der Waals surface area contributed by atoms with E-state index in [2.05, 4.69) is 44.2 Å². The molecule has 0 aromatic heterocycles. The molecule has 0 heterocycles. The smallest absolute Gasteiger partial charge is 0.115 e. The summed E-state index contributed by atoms with van der Waals surface area (Å²) in [6.07, 6.45) is 7.97. The zero-order valence-corrected chi connectivity index (χ0v) is 20.1. The number of likely N-dealkylation sites (N-methyl/N-ethyl adjacent to an activating group) is 1. The number of phenolic OH excluding ortho intramolecular Hbond substituents is 1. The van der Waals surface area contributed by atoms with Crippen LogP contribution < -0.4 is 5.32 Å². The maximum absolute atomic E-state index is 9.87. The number of nitrogens with zero attached hydrogens (tertiary/aromatic N) is 1. The van der Waals surface area contributed by atoms with E-state index >= 15 is 0 Å². The predicted octanol–water partition coefficient (Wildman–Crippen LogP) is 5.25. The zero-order chi connectivity index (χ0) is 19.2. The topological polar surface area (TPSA) is 35.5 Å². The van der Waals surface area contributed by atoms with E-state index in [1.807, 2.05) is 12.1 Å². The molecule has 6 atom stereocenters. The Morgan fingerprint density at radius 2 is 1.93 bits per heavy atom. The molecular weight excluding hydrogens is 403 g/mol. The molecule has 1 aromatic rings. The van der Waals surface area contributed by atoms with E-state index in [0.717, 1.165) is 43.2 Å². The summed E-state index contributed by atoms with van der Waals surface area (Å²) in [6.45, 7) is 7.25. The highest BCUT2D eigenvalue weighted by molar-refractivity contribution is 5.85. The first-order valence-corrected chi connectivity index (χ1v) is 11.1. The number of benzene rings is 1. The van der Waals surface area contributed by atoms with Gasteiger partial charge in [-0.25, -0.2) is 0 Å². The van der Waals surface area contributed by atoms with Crippen molar-refractivity contribution < 1.29 is 5.11 Å². The Labute approximate surface area is 189 Å². The van der Waals surface area contributed by atoms with Crippen LogP contribution in [-0.2, 0) is 6.42 Å². The second kappa shape index (κ2) is 9.77. The molecule has 166 valence electrons. The van der Waals surface area contributed by atoms with Crippen molar-refractivity contribution in [1.29, 1.82) is 0 Å². The maximum Gasteiger partial charge on any atom is 0.115 e. The summed E-state index contributed by atoms with van der Waals surface area (Å²) < 4.78 is 0. The molecule has 2 fully saturated rings. The van der Waals surface area contributed by atoms with Crippen LogP contribution in [0.2, 0.25) is 0 Å². The monoisotopic (exact) mass is 442 g/mol. The van der Waals surface area contributed by atoms with Crippen molar-refractivity contribution in [3.05, 3.63) is 29.3 Å². The molecule has 0 unspecified atom stereocenters. The minimum atomic E-state index is 0. The molecule has 0 bridgehead atoms. The second-order valence-corrected chi connectivity index (χ2v) is 10.1. The Balaban J connectivity index is 0.00000150. The highest BCUT2D eigenvalue weighted by atomic mass is 35.5. The van der Waals surface area contributed by atoms with E-state index in [9.17, 15) is 5.11 Å². The number of hydrogen-bond donors (Lipinski definition) is 2. The van der Waals surface area contributed by atoms with Crippen LogP contribution in [0.25, 0.3) is 0 Å². The molecule has 0 radical (unpaired) electrons. The SMILES string of the molecule is C[C@H](NCCN(C)C)[C@H]1CC[C@H]2[C@@H]3CCc4cc(O)ccc4[C@H]3CC[C@]12C.Cl.Cl. The molecule has 0 saturated heterocycles. The molecule has 29 heavy (non-hydrogen) atoms. The van der Waals surface area contributed by atoms with Crippen molar-refractivity contribution in [3.63, 3.8) is 0 Å². The van der Waals surface area contributed by atoms with Gasteiger partial charge in [-0.15, -0.1) is 24.8 Å². The quantitative estimate of drug-likeness (QED) is 0.653. The van der Waals surface area contributed by atoms with Gasteiger partial charge in [0.1, 0.15) is 5.75 Å². The fraction of sp³-hybridized carbons (Fsp3) is 0.750. The number of halogens is 2. The van der Waals surface area contributed by atoms with Crippen LogP contribution in [0.1, 0.15) is 63.0 Å². The van der Waals surface area contributed by atoms with E-state index in [1.54, 1.807) is 5.56 Å². The summed E-state index contributed by atoms with van der Waals surface area (Å²) in [5.74, 6) is 3.70. The zero-order valence-electron chi connectivity index (χ0n) is 18.5. The van der Waals surface area contributed by atoms with Crippen LogP contribution in [0.5, 0.6) is 5.75 Å². The molecule has 2 saturated carbocycles. The molecule has 3 nitrogen and oxygen atoms in total. The lowest BCUT2D eigenvalue weighted by atomic mass is 9.53.